The minimum atomic E-state index is -4.96. The van der Waals surface area contributed by atoms with Crippen LogP contribution in [-0.2, 0) is 65.4 Å². The molecule has 0 aliphatic carbocycles. The number of hydrogen-bond donors (Lipinski definition) is 3. The number of phosphoric acid groups is 2. The topological polar surface area (TPSA) is 237 Å². The zero-order chi connectivity index (χ0) is 73.1. The van der Waals surface area contributed by atoms with Gasteiger partial charge in [0.25, 0.3) is 0 Å². The fourth-order valence-electron chi connectivity index (χ4n) is 12.2. The number of carbonyl (C=O) groups is 4. The molecule has 0 radical (unpaired) electrons. The third-order valence-corrected chi connectivity index (χ3v) is 21.2. The van der Waals surface area contributed by atoms with Crippen LogP contribution in [0.2, 0.25) is 0 Å². The summed E-state index contributed by atoms with van der Waals surface area (Å²) in [4.78, 5) is 72.9. The van der Waals surface area contributed by atoms with E-state index in [4.69, 9.17) is 37.0 Å². The first-order valence-electron chi connectivity index (χ1n) is 41.3. The molecule has 0 aromatic rings. The standard InChI is InChI=1S/C80H156O17P2/c1-9-72(7)58-50-42-34-28-22-17-15-13-11-12-14-16-18-23-29-36-46-54-62-80(85)97-76(67-91-78(83)61-53-45-39-38-43-51-59-73(8)10-2)69-95-99(88,89)93-65-74(81)64-92-98(86,87)94-68-75(66-90-77(82)60-52-44-35-31-25-27-33-41-49-57-71(5)6)96-79(84)63-55-47-37-30-24-20-19-21-26-32-40-48-56-70(3)4/h70-76,81H,9-69H2,1-8H3,(H,86,87)(H,88,89)/t72?,73?,74-,75-,76-/m1/s1. The summed E-state index contributed by atoms with van der Waals surface area (Å²) in [5.41, 5.74) is 0. The lowest BCUT2D eigenvalue weighted by Gasteiger charge is -2.21. The highest BCUT2D eigenvalue weighted by atomic mass is 31.2. The van der Waals surface area contributed by atoms with Crippen molar-refractivity contribution in [1.82, 2.24) is 0 Å². The van der Waals surface area contributed by atoms with Gasteiger partial charge in [0.1, 0.15) is 19.3 Å². The van der Waals surface area contributed by atoms with Crippen LogP contribution in [0.4, 0.5) is 0 Å². The first kappa shape index (κ1) is 97.1. The van der Waals surface area contributed by atoms with Crippen LogP contribution in [0.5, 0.6) is 0 Å². The maximum atomic E-state index is 13.1. The number of unbranched alkanes of at least 4 members (excludes halogenated alkanes) is 41. The molecule has 99 heavy (non-hydrogen) atoms. The highest BCUT2D eigenvalue weighted by molar-refractivity contribution is 7.47. The monoisotopic (exact) mass is 1450 g/mol. The van der Waals surface area contributed by atoms with Crippen molar-refractivity contribution < 1.29 is 80.2 Å². The summed E-state index contributed by atoms with van der Waals surface area (Å²) in [6.45, 7) is 14.2. The van der Waals surface area contributed by atoms with Gasteiger partial charge >= 0.3 is 39.5 Å². The van der Waals surface area contributed by atoms with Crippen molar-refractivity contribution in [1.29, 1.82) is 0 Å². The molecule has 0 saturated heterocycles. The van der Waals surface area contributed by atoms with Crippen LogP contribution in [0, 0.1) is 23.7 Å². The van der Waals surface area contributed by atoms with E-state index in [1.165, 1.54) is 205 Å². The second kappa shape index (κ2) is 69.1. The summed E-state index contributed by atoms with van der Waals surface area (Å²) in [6.07, 6.45) is 55.6. The van der Waals surface area contributed by atoms with E-state index >= 15 is 0 Å². The Labute approximate surface area is 607 Å². The van der Waals surface area contributed by atoms with Crippen molar-refractivity contribution in [2.24, 2.45) is 23.7 Å². The van der Waals surface area contributed by atoms with E-state index in [0.717, 1.165) is 120 Å². The molecular formula is C80H156O17P2. The molecule has 0 fully saturated rings. The summed E-state index contributed by atoms with van der Waals surface area (Å²) in [7, 11) is -9.92. The van der Waals surface area contributed by atoms with Gasteiger partial charge in [-0.05, 0) is 49.4 Å². The first-order valence-corrected chi connectivity index (χ1v) is 44.3. The van der Waals surface area contributed by atoms with Crippen LogP contribution in [0.25, 0.3) is 0 Å². The summed E-state index contributed by atoms with van der Waals surface area (Å²) in [6, 6.07) is 0. The quantitative estimate of drug-likeness (QED) is 0.0222. The Bertz CT molecular complexity index is 1940. The molecule has 0 saturated carbocycles. The zero-order valence-corrected chi connectivity index (χ0v) is 66.9. The first-order chi connectivity index (χ1) is 47.7. The maximum absolute atomic E-state index is 13.1. The van der Waals surface area contributed by atoms with E-state index in [1.54, 1.807) is 0 Å². The van der Waals surface area contributed by atoms with E-state index in [9.17, 15) is 43.2 Å². The third kappa shape index (κ3) is 71.5. The average molecular weight is 1450 g/mol. The number of carbonyl (C=O) groups excluding carboxylic acids is 4. The third-order valence-electron chi connectivity index (χ3n) is 19.3. The molecule has 0 heterocycles. The number of esters is 4. The van der Waals surface area contributed by atoms with Crippen molar-refractivity contribution in [2.75, 3.05) is 39.6 Å². The Morgan fingerprint density at radius 2 is 0.485 bits per heavy atom. The SMILES string of the molecule is CCC(C)CCCCCCCCCCCCCCCCCCCCC(=O)O[C@H](COC(=O)CCCCCCCCC(C)CC)COP(=O)(O)OC[C@H](O)COP(=O)(O)OC[C@@H](COC(=O)CCCCCCCCCCCC(C)C)OC(=O)CCCCCCCCCCCCCCC(C)C. The lowest BCUT2D eigenvalue weighted by atomic mass is 9.99. The Balaban J connectivity index is 5.19. The normalized spacial score (nSPS) is 14.6. The smallest absolute Gasteiger partial charge is 0.462 e. The van der Waals surface area contributed by atoms with E-state index < -0.39 is 97.5 Å². The number of ether oxygens (including phenoxy) is 4. The number of aliphatic hydroxyl groups is 1. The van der Waals surface area contributed by atoms with Crippen molar-refractivity contribution in [3.63, 3.8) is 0 Å². The molecule has 0 aromatic heterocycles. The van der Waals surface area contributed by atoms with Gasteiger partial charge in [-0.3, -0.25) is 37.3 Å². The second-order valence-corrected chi connectivity index (χ2v) is 33.1. The molecule has 0 spiro atoms. The Kier molecular flexibility index (Phi) is 67.8. The molecule has 4 unspecified atom stereocenters. The lowest BCUT2D eigenvalue weighted by molar-refractivity contribution is -0.161. The van der Waals surface area contributed by atoms with Crippen LogP contribution >= 0.6 is 15.6 Å². The van der Waals surface area contributed by atoms with Crippen molar-refractivity contribution in [3.8, 4) is 0 Å². The molecular weight excluding hydrogens is 1290 g/mol. The molecule has 19 heteroatoms. The van der Waals surface area contributed by atoms with Crippen LogP contribution in [0.3, 0.4) is 0 Å². The minimum Gasteiger partial charge on any atom is -0.462 e. The number of hydrogen-bond acceptors (Lipinski definition) is 15. The highest BCUT2D eigenvalue weighted by Gasteiger charge is 2.30. The molecule has 3 N–H and O–H groups in total. The van der Waals surface area contributed by atoms with Gasteiger partial charge < -0.3 is 33.8 Å². The average Bonchev–Trinajstić information content (AvgIpc) is 1.03. The van der Waals surface area contributed by atoms with E-state index in [-0.39, 0.29) is 25.7 Å². The summed E-state index contributed by atoms with van der Waals surface area (Å²) < 4.78 is 68.6. The van der Waals surface area contributed by atoms with Crippen molar-refractivity contribution >= 4 is 39.5 Å². The Hall–Kier alpha value is -1.94. The molecule has 0 aliphatic heterocycles. The van der Waals surface area contributed by atoms with E-state index in [0.29, 0.717) is 25.7 Å². The predicted molar refractivity (Wildman–Crippen MR) is 404 cm³/mol. The lowest BCUT2D eigenvalue weighted by Crippen LogP contribution is -2.30. The Morgan fingerprint density at radius 1 is 0.283 bits per heavy atom. The van der Waals surface area contributed by atoms with Gasteiger partial charge in [-0.1, -0.05) is 357 Å². The van der Waals surface area contributed by atoms with Gasteiger partial charge in [-0.2, -0.15) is 0 Å². The van der Waals surface area contributed by atoms with E-state index in [1.807, 2.05) is 0 Å². The number of phosphoric ester groups is 2. The minimum absolute atomic E-state index is 0.106. The molecule has 0 amide bonds. The summed E-state index contributed by atoms with van der Waals surface area (Å²) in [5, 5.41) is 10.6. The van der Waals surface area contributed by atoms with Crippen LogP contribution in [-0.4, -0.2) is 96.7 Å². The van der Waals surface area contributed by atoms with Gasteiger partial charge in [0.15, 0.2) is 12.2 Å². The Morgan fingerprint density at radius 3 is 0.717 bits per heavy atom. The van der Waals surface area contributed by atoms with Gasteiger partial charge in [0.2, 0.25) is 0 Å². The fraction of sp³-hybridized carbons (Fsp3) is 0.950. The molecule has 0 rings (SSSR count). The molecule has 0 bridgehead atoms. The number of rotatable bonds is 77. The molecule has 7 atom stereocenters. The zero-order valence-electron chi connectivity index (χ0n) is 65.1. The number of aliphatic hydroxyl groups excluding tert-OH is 1. The van der Waals surface area contributed by atoms with Gasteiger partial charge in [0.05, 0.1) is 26.4 Å². The predicted octanol–water partition coefficient (Wildman–Crippen LogP) is 23.6. The van der Waals surface area contributed by atoms with Crippen LogP contribution < -0.4 is 0 Å². The summed E-state index contributed by atoms with van der Waals surface area (Å²) >= 11 is 0. The van der Waals surface area contributed by atoms with Crippen molar-refractivity contribution in [3.05, 3.63) is 0 Å². The molecule has 17 nitrogen and oxygen atoms in total. The van der Waals surface area contributed by atoms with Gasteiger partial charge in [-0.25, -0.2) is 9.13 Å². The van der Waals surface area contributed by atoms with Gasteiger partial charge in [0, 0.05) is 25.7 Å². The van der Waals surface area contributed by atoms with Crippen molar-refractivity contribution in [2.45, 2.75) is 427 Å². The van der Waals surface area contributed by atoms with Crippen LogP contribution in [0.15, 0.2) is 0 Å². The van der Waals surface area contributed by atoms with Gasteiger partial charge in [-0.15, -0.1) is 0 Å². The fourth-order valence-corrected chi connectivity index (χ4v) is 13.8. The highest BCUT2D eigenvalue weighted by Crippen LogP contribution is 2.45. The summed E-state index contributed by atoms with van der Waals surface area (Å²) in [5.74, 6) is 1.00. The molecule has 0 aromatic carbocycles. The maximum Gasteiger partial charge on any atom is 0.472 e. The van der Waals surface area contributed by atoms with Crippen LogP contribution in [0.1, 0.15) is 409 Å². The second-order valence-electron chi connectivity index (χ2n) is 30.2. The largest absolute Gasteiger partial charge is 0.472 e. The molecule has 0 aliphatic rings. The molecule has 588 valence electrons. The van der Waals surface area contributed by atoms with E-state index in [2.05, 4.69) is 55.4 Å².